The summed E-state index contributed by atoms with van der Waals surface area (Å²) in [4.78, 5) is 35.9. The third-order valence-electron chi connectivity index (χ3n) is 2.86. The molecule has 0 aliphatic heterocycles. The summed E-state index contributed by atoms with van der Waals surface area (Å²) in [5.41, 5.74) is 1.63. The minimum atomic E-state index is -0.727. The van der Waals surface area contributed by atoms with Gasteiger partial charge in [-0.3, -0.25) is 14.6 Å². The molecule has 132 valence electrons. The van der Waals surface area contributed by atoms with Gasteiger partial charge in [-0.1, -0.05) is 19.1 Å². The number of benzene rings is 1. The number of anilines is 1. The van der Waals surface area contributed by atoms with Crippen molar-refractivity contribution in [3.8, 4) is 5.75 Å². The highest BCUT2D eigenvalue weighted by Gasteiger charge is 2.04. The minimum Gasteiger partial charge on any atom is -0.494 e. The van der Waals surface area contributed by atoms with Gasteiger partial charge in [-0.05, 0) is 24.1 Å². The van der Waals surface area contributed by atoms with Gasteiger partial charge in [0, 0.05) is 0 Å². The molecule has 2 rings (SSSR count). The van der Waals surface area contributed by atoms with Crippen LogP contribution in [0.25, 0.3) is 0 Å². The highest BCUT2D eigenvalue weighted by Crippen LogP contribution is 2.12. The van der Waals surface area contributed by atoms with E-state index in [0.29, 0.717) is 6.61 Å². The van der Waals surface area contributed by atoms with Crippen LogP contribution < -0.4 is 26.7 Å². The van der Waals surface area contributed by atoms with Gasteiger partial charge in [0.2, 0.25) is 5.82 Å². The van der Waals surface area contributed by atoms with Gasteiger partial charge in [0.25, 0.3) is 11.5 Å². The van der Waals surface area contributed by atoms with Gasteiger partial charge in [0.05, 0.1) is 19.4 Å². The van der Waals surface area contributed by atoms with Crippen LogP contribution in [0.1, 0.15) is 18.9 Å². The van der Waals surface area contributed by atoms with Gasteiger partial charge in [-0.2, -0.15) is 5.10 Å². The van der Waals surface area contributed by atoms with Crippen LogP contribution in [0.3, 0.4) is 0 Å². The zero-order valence-electron chi connectivity index (χ0n) is 13.5. The fourth-order valence-electron chi connectivity index (χ4n) is 1.75. The number of hydrogen-bond acceptors (Lipinski definition) is 7. The first-order valence-corrected chi connectivity index (χ1v) is 7.56. The Kier molecular flexibility index (Phi) is 6.46. The van der Waals surface area contributed by atoms with Gasteiger partial charge < -0.3 is 10.1 Å². The lowest BCUT2D eigenvalue weighted by Gasteiger charge is -2.05. The van der Waals surface area contributed by atoms with Crippen LogP contribution in [-0.2, 0) is 4.79 Å². The van der Waals surface area contributed by atoms with Gasteiger partial charge in [-0.15, -0.1) is 5.10 Å². The summed E-state index contributed by atoms with van der Waals surface area (Å²) in [6.07, 6.45) is 2.39. The largest absolute Gasteiger partial charge is 0.494 e. The quantitative estimate of drug-likeness (QED) is 0.385. The number of H-pyrrole nitrogens is 2. The second kappa shape index (κ2) is 9.01. The number of aromatic nitrogens is 3. The van der Waals surface area contributed by atoms with Crippen molar-refractivity contribution in [2.45, 2.75) is 13.3 Å². The lowest BCUT2D eigenvalue weighted by molar-refractivity contribution is -0.119. The number of rotatable bonds is 8. The fraction of sp³-hybridized carbons (Fsp3) is 0.267. The van der Waals surface area contributed by atoms with E-state index in [4.69, 9.17) is 4.74 Å². The maximum absolute atomic E-state index is 11.7. The number of nitrogens with zero attached hydrogens (tertiary/aromatic N) is 2. The Hall–Kier alpha value is -3.43. The van der Waals surface area contributed by atoms with Crippen LogP contribution in [0.4, 0.5) is 5.82 Å². The van der Waals surface area contributed by atoms with Crippen LogP contribution in [-0.4, -0.2) is 40.5 Å². The standard InChI is InChI=1S/C15H18N6O4/c1-2-6-25-11-5-3-4-10(7-11)8-17-19-12(22)9-16-13-14(23)18-15(24)21-20-13/h3-5,7-8H,2,6,9H2,1H3,(H,16,20)(H,19,22)(H2,18,21,23,24)/b17-8+. The van der Waals surface area contributed by atoms with Crippen LogP contribution >= 0.6 is 0 Å². The molecule has 0 saturated carbocycles. The topological polar surface area (TPSA) is 141 Å². The van der Waals surface area contributed by atoms with E-state index in [2.05, 4.69) is 26.0 Å². The molecule has 10 heteroatoms. The van der Waals surface area contributed by atoms with Crippen molar-refractivity contribution < 1.29 is 9.53 Å². The third-order valence-corrected chi connectivity index (χ3v) is 2.86. The van der Waals surface area contributed by atoms with E-state index in [1.54, 1.807) is 6.07 Å². The molecule has 1 aromatic carbocycles. The monoisotopic (exact) mass is 346 g/mol. The maximum Gasteiger partial charge on any atom is 0.342 e. The van der Waals surface area contributed by atoms with Crippen molar-refractivity contribution in [1.29, 1.82) is 0 Å². The lowest BCUT2D eigenvalue weighted by atomic mass is 10.2. The molecule has 1 aromatic heterocycles. The number of nitrogens with one attached hydrogen (secondary N) is 4. The number of hydrogen-bond donors (Lipinski definition) is 4. The molecule has 1 heterocycles. The molecular formula is C15H18N6O4. The Morgan fingerprint density at radius 1 is 1.40 bits per heavy atom. The van der Waals surface area contributed by atoms with Crippen molar-refractivity contribution >= 4 is 17.9 Å². The number of aromatic amines is 2. The van der Waals surface area contributed by atoms with Gasteiger partial charge in [-0.25, -0.2) is 15.3 Å². The molecule has 0 radical (unpaired) electrons. The number of amides is 1. The second-order valence-corrected chi connectivity index (χ2v) is 4.92. The van der Waals surface area contributed by atoms with Gasteiger partial charge in [0.1, 0.15) is 5.75 Å². The van der Waals surface area contributed by atoms with E-state index < -0.39 is 17.2 Å². The molecule has 1 amide bonds. The fourth-order valence-corrected chi connectivity index (χ4v) is 1.75. The Balaban J connectivity index is 1.84. The average Bonchev–Trinajstić information content (AvgIpc) is 2.59. The number of carbonyl (C=O) groups excluding carboxylic acids is 1. The highest BCUT2D eigenvalue weighted by atomic mass is 16.5. The van der Waals surface area contributed by atoms with Crippen molar-refractivity contribution in [1.82, 2.24) is 20.6 Å². The predicted molar refractivity (Wildman–Crippen MR) is 91.9 cm³/mol. The van der Waals surface area contributed by atoms with Crippen molar-refractivity contribution in [3.63, 3.8) is 0 Å². The molecule has 0 atom stereocenters. The average molecular weight is 346 g/mol. The summed E-state index contributed by atoms with van der Waals surface area (Å²) in [5.74, 6) is 0.0729. The second-order valence-electron chi connectivity index (χ2n) is 4.92. The molecule has 0 spiro atoms. The minimum absolute atomic E-state index is 0.167. The van der Waals surface area contributed by atoms with Crippen LogP contribution in [0.2, 0.25) is 0 Å². The predicted octanol–water partition coefficient (Wildman–Crippen LogP) is -0.191. The molecule has 0 aliphatic rings. The first-order chi connectivity index (χ1) is 12.1. The SMILES string of the molecule is CCCOc1cccc(/C=N/NC(=O)CNc2n[nH]c(=O)[nH]c2=O)c1. The van der Waals surface area contributed by atoms with Crippen LogP contribution in [0.15, 0.2) is 39.0 Å². The summed E-state index contributed by atoms with van der Waals surface area (Å²) in [6, 6.07) is 7.28. The lowest BCUT2D eigenvalue weighted by Crippen LogP contribution is -2.31. The van der Waals surface area contributed by atoms with Crippen LogP contribution in [0.5, 0.6) is 5.75 Å². The number of hydrazone groups is 1. The summed E-state index contributed by atoms with van der Waals surface area (Å²) >= 11 is 0. The molecule has 0 fully saturated rings. The van der Waals surface area contributed by atoms with E-state index in [-0.39, 0.29) is 12.4 Å². The zero-order chi connectivity index (χ0) is 18.1. The van der Waals surface area contributed by atoms with E-state index in [0.717, 1.165) is 17.7 Å². The maximum atomic E-state index is 11.7. The normalized spacial score (nSPS) is 10.6. The summed E-state index contributed by atoms with van der Waals surface area (Å²) in [5, 5.41) is 11.9. The molecule has 4 N–H and O–H groups in total. The first kappa shape index (κ1) is 17.9. The zero-order valence-corrected chi connectivity index (χ0v) is 13.5. The van der Waals surface area contributed by atoms with Crippen molar-refractivity contribution in [2.75, 3.05) is 18.5 Å². The van der Waals surface area contributed by atoms with Gasteiger partial charge >= 0.3 is 5.69 Å². The molecule has 25 heavy (non-hydrogen) atoms. The Bertz CT molecular complexity index is 857. The molecule has 10 nitrogen and oxygen atoms in total. The van der Waals surface area contributed by atoms with E-state index in [1.165, 1.54) is 6.21 Å². The van der Waals surface area contributed by atoms with Crippen LogP contribution in [0, 0.1) is 0 Å². The summed E-state index contributed by atoms with van der Waals surface area (Å²) in [7, 11) is 0. The summed E-state index contributed by atoms with van der Waals surface area (Å²) in [6.45, 7) is 2.41. The molecular weight excluding hydrogens is 328 g/mol. The van der Waals surface area contributed by atoms with Gasteiger partial charge in [0.15, 0.2) is 0 Å². The Morgan fingerprint density at radius 3 is 3.00 bits per heavy atom. The molecule has 2 aromatic rings. The first-order valence-electron chi connectivity index (χ1n) is 7.56. The molecule has 0 unspecified atom stereocenters. The highest BCUT2D eigenvalue weighted by molar-refractivity contribution is 5.84. The summed E-state index contributed by atoms with van der Waals surface area (Å²) < 4.78 is 5.51. The number of ether oxygens (including phenoxy) is 1. The Labute approximate surface area is 142 Å². The molecule has 0 aliphatic carbocycles. The smallest absolute Gasteiger partial charge is 0.342 e. The third kappa shape index (κ3) is 5.94. The Morgan fingerprint density at radius 2 is 2.24 bits per heavy atom. The molecule has 0 saturated heterocycles. The van der Waals surface area contributed by atoms with Crippen molar-refractivity contribution in [3.05, 3.63) is 50.7 Å². The van der Waals surface area contributed by atoms with Crippen molar-refractivity contribution in [2.24, 2.45) is 5.10 Å². The van der Waals surface area contributed by atoms with E-state index >= 15 is 0 Å². The number of carbonyl (C=O) groups is 1. The van der Waals surface area contributed by atoms with E-state index in [9.17, 15) is 14.4 Å². The van der Waals surface area contributed by atoms with E-state index in [1.807, 2.05) is 30.1 Å². The molecule has 0 bridgehead atoms.